The molecule has 0 aliphatic carbocycles. The minimum atomic E-state index is 0.0253. The maximum absolute atomic E-state index is 5.70. The van der Waals surface area contributed by atoms with Gasteiger partial charge >= 0.3 is 0 Å². The average Bonchev–Trinajstić information content (AvgIpc) is 2.19. The van der Waals surface area contributed by atoms with Crippen LogP contribution in [-0.4, -0.2) is 29.0 Å². The molecule has 1 aromatic rings. The number of rotatable bonds is 4. The van der Waals surface area contributed by atoms with Gasteiger partial charge in [0.15, 0.2) is 0 Å². The zero-order valence-electron chi connectivity index (χ0n) is 9.20. The van der Waals surface area contributed by atoms with Crippen molar-refractivity contribution < 1.29 is 0 Å². The average molecular weight is 193 g/mol. The van der Waals surface area contributed by atoms with Gasteiger partial charge in [-0.25, -0.2) is 0 Å². The van der Waals surface area contributed by atoms with Crippen LogP contribution in [0.25, 0.3) is 0 Å². The molecule has 1 heterocycles. The van der Waals surface area contributed by atoms with E-state index in [1.807, 2.05) is 24.4 Å². The van der Waals surface area contributed by atoms with Gasteiger partial charge in [-0.3, -0.25) is 9.88 Å². The van der Waals surface area contributed by atoms with E-state index in [1.165, 1.54) is 0 Å². The molecule has 0 saturated carbocycles. The third kappa shape index (κ3) is 2.79. The Morgan fingerprint density at radius 2 is 2.14 bits per heavy atom. The maximum Gasteiger partial charge on any atom is 0.0544 e. The van der Waals surface area contributed by atoms with Gasteiger partial charge in [-0.05, 0) is 33.0 Å². The molecule has 0 fully saturated rings. The molecule has 1 aromatic heterocycles. The molecule has 0 aliphatic heterocycles. The van der Waals surface area contributed by atoms with E-state index in [-0.39, 0.29) is 5.54 Å². The number of nitrogens with two attached hydrogens (primary N) is 1. The molecule has 0 bridgehead atoms. The summed E-state index contributed by atoms with van der Waals surface area (Å²) in [5, 5.41) is 0. The normalized spacial score (nSPS) is 12.1. The monoisotopic (exact) mass is 193 g/mol. The Bertz CT molecular complexity index is 269. The lowest BCUT2D eigenvalue weighted by atomic mass is 10.0. The molecule has 0 spiro atoms. The maximum atomic E-state index is 5.70. The van der Waals surface area contributed by atoms with Crippen molar-refractivity contribution in [1.82, 2.24) is 9.88 Å². The molecule has 0 unspecified atom stereocenters. The van der Waals surface area contributed by atoms with Crippen LogP contribution < -0.4 is 5.73 Å². The van der Waals surface area contributed by atoms with Crippen LogP contribution >= 0.6 is 0 Å². The first-order valence-corrected chi connectivity index (χ1v) is 4.87. The van der Waals surface area contributed by atoms with E-state index >= 15 is 0 Å². The predicted molar refractivity (Wildman–Crippen MR) is 58.8 cm³/mol. The SMILES string of the molecule is CN(Cc1ccccn1)C(C)(C)CN. The zero-order chi connectivity index (χ0) is 10.6. The summed E-state index contributed by atoms with van der Waals surface area (Å²) in [5.74, 6) is 0. The van der Waals surface area contributed by atoms with Crippen LogP contribution in [-0.2, 0) is 6.54 Å². The van der Waals surface area contributed by atoms with Crippen molar-refractivity contribution in [3.63, 3.8) is 0 Å². The Morgan fingerprint density at radius 3 is 2.64 bits per heavy atom. The molecule has 0 saturated heterocycles. The van der Waals surface area contributed by atoms with Gasteiger partial charge in [0.25, 0.3) is 0 Å². The molecular formula is C11H19N3. The van der Waals surface area contributed by atoms with Crippen molar-refractivity contribution in [2.45, 2.75) is 25.9 Å². The smallest absolute Gasteiger partial charge is 0.0544 e. The van der Waals surface area contributed by atoms with Crippen molar-refractivity contribution in [3.05, 3.63) is 30.1 Å². The molecule has 0 aliphatic rings. The van der Waals surface area contributed by atoms with Crippen molar-refractivity contribution in [2.24, 2.45) is 5.73 Å². The molecule has 3 nitrogen and oxygen atoms in total. The third-order valence-electron chi connectivity index (χ3n) is 2.66. The number of nitrogens with zero attached hydrogens (tertiary/aromatic N) is 2. The Kier molecular flexibility index (Phi) is 3.61. The van der Waals surface area contributed by atoms with Crippen molar-refractivity contribution >= 4 is 0 Å². The van der Waals surface area contributed by atoms with Gasteiger partial charge in [0.05, 0.1) is 5.69 Å². The van der Waals surface area contributed by atoms with Gasteiger partial charge in [-0.15, -0.1) is 0 Å². The van der Waals surface area contributed by atoms with Crippen LogP contribution in [0.15, 0.2) is 24.4 Å². The highest BCUT2D eigenvalue weighted by Crippen LogP contribution is 2.12. The van der Waals surface area contributed by atoms with Crippen LogP contribution in [0.1, 0.15) is 19.5 Å². The first kappa shape index (κ1) is 11.1. The molecule has 0 atom stereocenters. The minimum Gasteiger partial charge on any atom is -0.329 e. The fraction of sp³-hybridized carbons (Fsp3) is 0.545. The van der Waals surface area contributed by atoms with Gasteiger partial charge in [0.1, 0.15) is 0 Å². The highest BCUT2D eigenvalue weighted by Gasteiger charge is 2.21. The summed E-state index contributed by atoms with van der Waals surface area (Å²) in [4.78, 5) is 6.50. The second-order valence-corrected chi connectivity index (χ2v) is 4.19. The largest absolute Gasteiger partial charge is 0.329 e. The van der Waals surface area contributed by atoms with E-state index in [9.17, 15) is 0 Å². The first-order chi connectivity index (χ1) is 6.56. The quantitative estimate of drug-likeness (QED) is 0.782. The number of hydrogen-bond donors (Lipinski definition) is 1. The molecule has 0 aromatic carbocycles. The Balaban J connectivity index is 2.62. The topological polar surface area (TPSA) is 42.2 Å². The molecular weight excluding hydrogens is 174 g/mol. The summed E-state index contributed by atoms with van der Waals surface area (Å²) in [5.41, 5.74) is 6.80. The van der Waals surface area contributed by atoms with Crippen molar-refractivity contribution in [2.75, 3.05) is 13.6 Å². The summed E-state index contributed by atoms with van der Waals surface area (Å²) in [7, 11) is 2.07. The van der Waals surface area contributed by atoms with Crippen LogP contribution in [0, 0.1) is 0 Å². The van der Waals surface area contributed by atoms with Gasteiger partial charge < -0.3 is 5.73 Å². The second kappa shape index (κ2) is 4.53. The number of aromatic nitrogens is 1. The Morgan fingerprint density at radius 1 is 1.43 bits per heavy atom. The highest BCUT2D eigenvalue weighted by atomic mass is 15.2. The summed E-state index contributed by atoms with van der Waals surface area (Å²) < 4.78 is 0. The summed E-state index contributed by atoms with van der Waals surface area (Å²) in [6.45, 7) is 5.76. The number of pyridine rings is 1. The van der Waals surface area contributed by atoms with Crippen LogP contribution in [0.2, 0.25) is 0 Å². The Hall–Kier alpha value is -0.930. The third-order valence-corrected chi connectivity index (χ3v) is 2.66. The van der Waals surface area contributed by atoms with Gasteiger partial charge in [-0.1, -0.05) is 6.07 Å². The van der Waals surface area contributed by atoms with Crippen molar-refractivity contribution in [3.8, 4) is 0 Å². The first-order valence-electron chi connectivity index (χ1n) is 4.87. The summed E-state index contributed by atoms with van der Waals surface area (Å²) in [6.07, 6.45) is 1.82. The lowest BCUT2D eigenvalue weighted by molar-refractivity contribution is 0.154. The van der Waals surface area contributed by atoms with Gasteiger partial charge in [0.2, 0.25) is 0 Å². The van der Waals surface area contributed by atoms with Crippen LogP contribution in [0.5, 0.6) is 0 Å². The van der Waals surface area contributed by atoms with E-state index in [0.717, 1.165) is 12.2 Å². The Labute approximate surface area is 85.9 Å². The summed E-state index contributed by atoms with van der Waals surface area (Å²) >= 11 is 0. The lowest BCUT2D eigenvalue weighted by Gasteiger charge is -2.34. The molecule has 14 heavy (non-hydrogen) atoms. The van der Waals surface area contributed by atoms with Gasteiger partial charge in [0, 0.05) is 24.8 Å². The molecule has 0 radical (unpaired) electrons. The van der Waals surface area contributed by atoms with Gasteiger partial charge in [-0.2, -0.15) is 0 Å². The van der Waals surface area contributed by atoms with E-state index in [0.29, 0.717) is 6.54 Å². The fourth-order valence-corrected chi connectivity index (χ4v) is 1.10. The highest BCUT2D eigenvalue weighted by molar-refractivity contribution is 5.03. The molecule has 1 rings (SSSR count). The molecule has 78 valence electrons. The van der Waals surface area contributed by atoms with Crippen molar-refractivity contribution in [1.29, 1.82) is 0 Å². The van der Waals surface area contributed by atoms with E-state index in [4.69, 9.17) is 5.73 Å². The lowest BCUT2D eigenvalue weighted by Crippen LogP contribution is -2.46. The molecule has 0 amide bonds. The second-order valence-electron chi connectivity index (χ2n) is 4.19. The van der Waals surface area contributed by atoms with E-state index < -0.39 is 0 Å². The minimum absolute atomic E-state index is 0.0253. The van der Waals surface area contributed by atoms with E-state index in [2.05, 4.69) is 30.8 Å². The summed E-state index contributed by atoms with van der Waals surface area (Å²) in [6, 6.07) is 5.96. The number of likely N-dealkylation sites (N-methyl/N-ethyl adjacent to an activating group) is 1. The molecule has 2 N–H and O–H groups in total. The fourth-order valence-electron chi connectivity index (χ4n) is 1.10. The number of hydrogen-bond acceptors (Lipinski definition) is 3. The van der Waals surface area contributed by atoms with Crippen LogP contribution in [0.3, 0.4) is 0 Å². The standard InChI is InChI=1S/C11H19N3/c1-11(2,9-12)14(3)8-10-6-4-5-7-13-10/h4-7H,8-9,12H2,1-3H3. The van der Waals surface area contributed by atoms with Crippen LogP contribution in [0.4, 0.5) is 0 Å². The predicted octanol–water partition coefficient (Wildman–Crippen LogP) is 1.25. The molecule has 3 heteroatoms. The van der Waals surface area contributed by atoms with E-state index in [1.54, 1.807) is 0 Å². The zero-order valence-corrected chi connectivity index (χ0v) is 9.20.